The van der Waals surface area contributed by atoms with Crippen molar-refractivity contribution >= 4 is 11.9 Å². The number of aliphatic carboxylic acids is 2. The van der Waals surface area contributed by atoms with Crippen LogP contribution in [-0.4, -0.2) is 54.2 Å². The quantitative estimate of drug-likeness (QED) is 0.532. The van der Waals surface area contributed by atoms with Gasteiger partial charge in [-0.15, -0.1) is 0 Å². The van der Waals surface area contributed by atoms with Gasteiger partial charge in [0.1, 0.15) is 0 Å². The first-order valence-electron chi connectivity index (χ1n) is 5.79. The van der Waals surface area contributed by atoms with Crippen molar-refractivity contribution in [2.24, 2.45) is 0 Å². The Labute approximate surface area is 112 Å². The Hall–Kier alpha value is -1.92. The molecule has 0 heterocycles. The van der Waals surface area contributed by atoms with Gasteiger partial charge >= 0.3 is 11.9 Å². The molecule has 0 amide bonds. The lowest BCUT2D eigenvalue weighted by Gasteiger charge is -2.10. The minimum atomic E-state index is -1.82. The zero-order chi connectivity index (χ0) is 14.7. The van der Waals surface area contributed by atoms with Crippen LogP contribution in [0.4, 0.5) is 0 Å². The van der Waals surface area contributed by atoms with Crippen LogP contribution in [0.3, 0.4) is 0 Å². The number of rotatable bonds is 5. The number of benzene rings is 1. The van der Waals surface area contributed by atoms with Crippen LogP contribution in [0.25, 0.3) is 0 Å². The number of nitrogens with one attached hydrogen (secondary N) is 1. The summed E-state index contributed by atoms with van der Waals surface area (Å²) in [4.78, 5) is 20.4. The highest BCUT2D eigenvalue weighted by molar-refractivity contribution is 6.27. The zero-order valence-electron chi connectivity index (χ0n) is 11.2. The second-order valence-electron chi connectivity index (χ2n) is 4.08. The van der Waals surface area contributed by atoms with E-state index in [1.54, 1.807) is 0 Å². The minimum absolute atomic E-state index is 0.967. The van der Waals surface area contributed by atoms with Crippen LogP contribution >= 0.6 is 0 Å². The van der Waals surface area contributed by atoms with Crippen molar-refractivity contribution in [2.75, 3.05) is 27.2 Å². The van der Waals surface area contributed by atoms with Crippen LogP contribution < -0.4 is 5.32 Å². The summed E-state index contributed by atoms with van der Waals surface area (Å²) in [6, 6.07) is 10.5. The fourth-order valence-corrected chi connectivity index (χ4v) is 1.13. The summed E-state index contributed by atoms with van der Waals surface area (Å²) in [5.74, 6) is -3.65. The molecule has 0 aliphatic heterocycles. The minimum Gasteiger partial charge on any atom is -0.473 e. The number of nitrogens with zero attached hydrogens (tertiary/aromatic N) is 1. The molecule has 0 fully saturated rings. The SMILES string of the molecule is CN(C)CCNCc1ccccc1.O=C(O)C(=O)O. The second kappa shape index (κ2) is 10.0. The van der Waals surface area contributed by atoms with Crippen molar-refractivity contribution in [1.82, 2.24) is 10.2 Å². The van der Waals surface area contributed by atoms with Gasteiger partial charge < -0.3 is 20.4 Å². The molecule has 3 N–H and O–H groups in total. The van der Waals surface area contributed by atoms with Crippen LogP contribution in [0, 0.1) is 0 Å². The predicted molar refractivity (Wildman–Crippen MR) is 72.0 cm³/mol. The molecule has 0 saturated carbocycles. The summed E-state index contributed by atoms with van der Waals surface area (Å²) in [7, 11) is 4.17. The van der Waals surface area contributed by atoms with Crippen molar-refractivity contribution in [3.05, 3.63) is 35.9 Å². The molecule has 1 aromatic carbocycles. The molecular weight excluding hydrogens is 248 g/mol. The standard InChI is InChI=1S/C11H18N2.C2H2O4/c1-13(2)9-8-12-10-11-6-4-3-5-7-11;3-1(4)2(5)6/h3-7,12H,8-10H2,1-2H3;(H,3,4)(H,5,6). The van der Waals surface area contributed by atoms with E-state index < -0.39 is 11.9 Å². The maximum absolute atomic E-state index is 9.10. The molecule has 106 valence electrons. The molecule has 1 rings (SSSR count). The highest BCUT2D eigenvalue weighted by Crippen LogP contribution is 1.96. The summed E-state index contributed by atoms with van der Waals surface area (Å²) in [6.07, 6.45) is 0. The average molecular weight is 268 g/mol. The van der Waals surface area contributed by atoms with Crippen molar-refractivity contribution in [1.29, 1.82) is 0 Å². The maximum atomic E-state index is 9.10. The van der Waals surface area contributed by atoms with Gasteiger partial charge in [-0.25, -0.2) is 9.59 Å². The lowest BCUT2D eigenvalue weighted by atomic mass is 10.2. The topological polar surface area (TPSA) is 89.9 Å². The Kier molecular flexibility index (Phi) is 9.03. The summed E-state index contributed by atoms with van der Waals surface area (Å²) >= 11 is 0. The molecule has 0 aromatic heterocycles. The van der Waals surface area contributed by atoms with E-state index in [1.807, 2.05) is 6.07 Å². The fourth-order valence-electron chi connectivity index (χ4n) is 1.13. The van der Waals surface area contributed by atoms with Crippen LogP contribution in [0.5, 0.6) is 0 Å². The monoisotopic (exact) mass is 268 g/mol. The molecule has 6 nitrogen and oxygen atoms in total. The molecule has 19 heavy (non-hydrogen) atoms. The van der Waals surface area contributed by atoms with Gasteiger partial charge in [0.15, 0.2) is 0 Å². The Morgan fingerprint density at radius 3 is 2.05 bits per heavy atom. The average Bonchev–Trinajstić information content (AvgIpc) is 2.36. The third kappa shape index (κ3) is 10.9. The number of carboxylic acids is 2. The molecule has 0 bridgehead atoms. The first kappa shape index (κ1) is 17.1. The van der Waals surface area contributed by atoms with E-state index in [2.05, 4.69) is 48.6 Å². The largest absolute Gasteiger partial charge is 0.473 e. The van der Waals surface area contributed by atoms with E-state index >= 15 is 0 Å². The Bertz CT molecular complexity index is 367. The lowest BCUT2D eigenvalue weighted by Crippen LogP contribution is -2.26. The van der Waals surface area contributed by atoms with E-state index in [-0.39, 0.29) is 0 Å². The van der Waals surface area contributed by atoms with E-state index in [0.29, 0.717) is 0 Å². The molecule has 0 aliphatic carbocycles. The number of hydrogen-bond donors (Lipinski definition) is 3. The molecule has 0 unspecified atom stereocenters. The highest BCUT2D eigenvalue weighted by atomic mass is 16.4. The van der Waals surface area contributed by atoms with E-state index in [9.17, 15) is 0 Å². The van der Waals surface area contributed by atoms with Gasteiger partial charge in [0.2, 0.25) is 0 Å². The van der Waals surface area contributed by atoms with Gasteiger partial charge in [0, 0.05) is 19.6 Å². The van der Waals surface area contributed by atoms with Crippen LogP contribution in [0.1, 0.15) is 5.56 Å². The number of likely N-dealkylation sites (N-methyl/N-ethyl adjacent to an activating group) is 1. The zero-order valence-corrected chi connectivity index (χ0v) is 11.2. The summed E-state index contributed by atoms with van der Waals surface area (Å²) < 4.78 is 0. The third-order valence-corrected chi connectivity index (χ3v) is 2.09. The van der Waals surface area contributed by atoms with Gasteiger partial charge in [-0.2, -0.15) is 0 Å². The van der Waals surface area contributed by atoms with Crippen molar-refractivity contribution in [3.63, 3.8) is 0 Å². The van der Waals surface area contributed by atoms with Gasteiger partial charge in [0.25, 0.3) is 0 Å². The predicted octanol–water partition coefficient (Wildman–Crippen LogP) is 0.493. The van der Waals surface area contributed by atoms with Crippen molar-refractivity contribution in [2.45, 2.75) is 6.54 Å². The Morgan fingerprint density at radius 2 is 1.63 bits per heavy atom. The highest BCUT2D eigenvalue weighted by Gasteiger charge is 2.04. The van der Waals surface area contributed by atoms with Gasteiger partial charge in [-0.3, -0.25) is 0 Å². The normalized spacial score (nSPS) is 9.63. The number of hydrogen-bond acceptors (Lipinski definition) is 4. The van der Waals surface area contributed by atoms with Crippen molar-refractivity contribution in [3.8, 4) is 0 Å². The summed E-state index contributed by atoms with van der Waals surface area (Å²) in [6.45, 7) is 3.10. The summed E-state index contributed by atoms with van der Waals surface area (Å²) in [5.41, 5.74) is 1.35. The Morgan fingerprint density at radius 1 is 1.11 bits per heavy atom. The number of carbonyl (C=O) groups is 2. The molecule has 0 atom stereocenters. The first-order valence-corrected chi connectivity index (χ1v) is 5.79. The second-order valence-corrected chi connectivity index (χ2v) is 4.08. The van der Waals surface area contributed by atoms with E-state index in [1.165, 1.54) is 5.56 Å². The van der Waals surface area contributed by atoms with Crippen LogP contribution in [0.15, 0.2) is 30.3 Å². The molecule has 0 aliphatic rings. The van der Waals surface area contributed by atoms with Crippen molar-refractivity contribution < 1.29 is 19.8 Å². The fraction of sp³-hybridized carbons (Fsp3) is 0.385. The van der Waals surface area contributed by atoms with Gasteiger partial charge in [-0.05, 0) is 19.7 Å². The maximum Gasteiger partial charge on any atom is 0.414 e. The molecule has 6 heteroatoms. The van der Waals surface area contributed by atoms with Crippen LogP contribution in [0.2, 0.25) is 0 Å². The molecular formula is C13H20N2O4. The smallest absolute Gasteiger partial charge is 0.414 e. The number of carboxylic acid groups (broad SMARTS) is 2. The lowest BCUT2D eigenvalue weighted by molar-refractivity contribution is -0.159. The molecule has 1 aromatic rings. The molecule has 0 radical (unpaired) electrons. The third-order valence-electron chi connectivity index (χ3n) is 2.09. The Balaban J connectivity index is 0.000000459. The van der Waals surface area contributed by atoms with Gasteiger partial charge in [0.05, 0.1) is 0 Å². The van der Waals surface area contributed by atoms with Gasteiger partial charge in [-0.1, -0.05) is 30.3 Å². The molecule has 0 spiro atoms. The van der Waals surface area contributed by atoms with E-state index in [0.717, 1.165) is 19.6 Å². The van der Waals surface area contributed by atoms with E-state index in [4.69, 9.17) is 19.8 Å². The first-order chi connectivity index (χ1) is 8.93. The van der Waals surface area contributed by atoms with Crippen LogP contribution in [-0.2, 0) is 16.1 Å². The molecule has 0 saturated heterocycles. The summed E-state index contributed by atoms with van der Waals surface area (Å²) in [5, 5.41) is 18.2.